The van der Waals surface area contributed by atoms with Gasteiger partial charge in [-0.3, -0.25) is 0 Å². The Morgan fingerprint density at radius 1 is 1.00 bits per heavy atom. The van der Waals surface area contributed by atoms with Gasteiger partial charge in [0.2, 0.25) is 0 Å². The van der Waals surface area contributed by atoms with Gasteiger partial charge in [-0.15, -0.1) is 0 Å². The number of benzene rings is 2. The van der Waals surface area contributed by atoms with Crippen LogP contribution in [0.25, 0.3) is 0 Å². The molecule has 2 aromatic rings. The topological polar surface area (TPSA) is 59.6 Å². The molecule has 25 heavy (non-hydrogen) atoms. The maximum Gasteiger partial charge on any atom is 0.319 e. The Morgan fingerprint density at radius 2 is 1.72 bits per heavy atom. The molecular formula is C20H24N2O3. The molecule has 1 aliphatic carbocycles. The van der Waals surface area contributed by atoms with E-state index in [0.717, 1.165) is 17.9 Å². The van der Waals surface area contributed by atoms with Crippen molar-refractivity contribution in [2.45, 2.75) is 25.7 Å². The number of aryl methyl sites for hydroxylation is 2. The quantitative estimate of drug-likeness (QED) is 0.787. The Labute approximate surface area is 148 Å². The summed E-state index contributed by atoms with van der Waals surface area (Å²) >= 11 is 0. The number of nitrogens with one attached hydrogen (secondary N) is 2. The monoisotopic (exact) mass is 340 g/mol. The van der Waals surface area contributed by atoms with Crippen molar-refractivity contribution in [2.75, 3.05) is 25.6 Å². The maximum atomic E-state index is 11.9. The van der Waals surface area contributed by atoms with Crippen LogP contribution in [0.3, 0.4) is 0 Å². The molecular weight excluding hydrogens is 316 g/mol. The fourth-order valence-corrected chi connectivity index (χ4v) is 2.98. The Hall–Kier alpha value is -2.69. The van der Waals surface area contributed by atoms with Gasteiger partial charge in [-0.05, 0) is 73.2 Å². The molecule has 0 radical (unpaired) electrons. The van der Waals surface area contributed by atoms with Gasteiger partial charge in [-0.2, -0.15) is 0 Å². The van der Waals surface area contributed by atoms with Crippen LogP contribution in [0.1, 0.15) is 24.0 Å². The van der Waals surface area contributed by atoms with Gasteiger partial charge >= 0.3 is 6.03 Å². The number of carbonyl (C=O) groups excluding carboxylic acids is 1. The molecule has 0 saturated heterocycles. The molecule has 0 unspecified atom stereocenters. The Bertz CT molecular complexity index is 713. The second kappa shape index (κ2) is 8.42. The summed E-state index contributed by atoms with van der Waals surface area (Å²) in [6.07, 6.45) is 4.84. The lowest BCUT2D eigenvalue weighted by Crippen LogP contribution is -2.32. The first-order valence-corrected chi connectivity index (χ1v) is 8.68. The van der Waals surface area contributed by atoms with Crippen LogP contribution in [0, 0.1) is 0 Å². The first-order chi connectivity index (χ1) is 12.2. The summed E-state index contributed by atoms with van der Waals surface area (Å²) < 4.78 is 10.8. The van der Waals surface area contributed by atoms with Gasteiger partial charge in [0.15, 0.2) is 0 Å². The lowest BCUT2D eigenvalue weighted by Gasteiger charge is -2.17. The minimum atomic E-state index is -0.251. The van der Waals surface area contributed by atoms with Crippen LogP contribution in [0.15, 0.2) is 42.5 Å². The van der Waals surface area contributed by atoms with Gasteiger partial charge in [0.1, 0.15) is 18.1 Å². The molecule has 132 valence electrons. The highest BCUT2D eigenvalue weighted by Gasteiger charge is 2.09. The van der Waals surface area contributed by atoms with E-state index >= 15 is 0 Å². The number of rotatable bonds is 6. The van der Waals surface area contributed by atoms with E-state index in [2.05, 4.69) is 22.8 Å². The number of urea groups is 1. The molecule has 0 atom stereocenters. The number of carbonyl (C=O) groups is 1. The van der Waals surface area contributed by atoms with Crippen molar-refractivity contribution in [1.29, 1.82) is 0 Å². The second-order valence-electron chi connectivity index (χ2n) is 6.10. The van der Waals surface area contributed by atoms with Crippen LogP contribution in [-0.4, -0.2) is 26.3 Å². The van der Waals surface area contributed by atoms with Crippen LogP contribution in [0.4, 0.5) is 10.5 Å². The van der Waals surface area contributed by atoms with Gasteiger partial charge in [0.05, 0.1) is 13.7 Å². The number of anilines is 1. The van der Waals surface area contributed by atoms with Crippen LogP contribution in [-0.2, 0) is 12.8 Å². The molecule has 0 aromatic heterocycles. The summed E-state index contributed by atoms with van der Waals surface area (Å²) in [6, 6.07) is 13.2. The zero-order valence-electron chi connectivity index (χ0n) is 14.5. The molecule has 0 saturated carbocycles. The van der Waals surface area contributed by atoms with E-state index in [9.17, 15) is 4.79 Å². The van der Waals surface area contributed by atoms with Gasteiger partial charge in [-0.25, -0.2) is 4.79 Å². The number of fused-ring (bicyclic) bond motifs is 1. The molecule has 2 N–H and O–H groups in total. The fourth-order valence-electron chi connectivity index (χ4n) is 2.98. The maximum absolute atomic E-state index is 11.9. The number of hydrogen-bond acceptors (Lipinski definition) is 3. The van der Waals surface area contributed by atoms with Crippen molar-refractivity contribution in [3.05, 3.63) is 53.6 Å². The minimum Gasteiger partial charge on any atom is -0.497 e. The molecule has 3 rings (SSSR count). The SMILES string of the molecule is COc1ccc(NC(=O)NCCOc2ccc3c(c2)CCCC3)cc1. The third-order valence-corrected chi connectivity index (χ3v) is 4.32. The van der Waals surface area contributed by atoms with E-state index in [1.807, 2.05) is 6.07 Å². The summed E-state index contributed by atoms with van der Waals surface area (Å²) in [5, 5.41) is 5.56. The lowest BCUT2D eigenvalue weighted by molar-refractivity contribution is 0.247. The summed E-state index contributed by atoms with van der Waals surface area (Å²) in [6.45, 7) is 0.883. The predicted octanol–water partition coefficient (Wildman–Crippen LogP) is 3.77. The Morgan fingerprint density at radius 3 is 2.48 bits per heavy atom. The summed E-state index contributed by atoms with van der Waals surface area (Å²) in [5.74, 6) is 1.63. The Kier molecular flexibility index (Phi) is 5.77. The molecule has 0 aliphatic heterocycles. The van der Waals surface area contributed by atoms with Crippen molar-refractivity contribution in [3.63, 3.8) is 0 Å². The lowest BCUT2D eigenvalue weighted by atomic mass is 9.92. The van der Waals surface area contributed by atoms with Crippen LogP contribution in [0.2, 0.25) is 0 Å². The summed E-state index contributed by atoms with van der Waals surface area (Å²) in [7, 11) is 1.61. The highest BCUT2D eigenvalue weighted by molar-refractivity contribution is 5.89. The number of hydrogen-bond donors (Lipinski definition) is 2. The smallest absolute Gasteiger partial charge is 0.319 e. The van der Waals surface area contributed by atoms with Crippen molar-refractivity contribution in [2.24, 2.45) is 0 Å². The molecule has 0 fully saturated rings. The number of amides is 2. The summed E-state index contributed by atoms with van der Waals surface area (Å²) in [4.78, 5) is 11.9. The van der Waals surface area contributed by atoms with Gasteiger partial charge in [0, 0.05) is 5.69 Å². The van der Waals surface area contributed by atoms with E-state index in [-0.39, 0.29) is 6.03 Å². The highest BCUT2D eigenvalue weighted by atomic mass is 16.5. The normalized spacial score (nSPS) is 12.8. The van der Waals surface area contributed by atoms with E-state index < -0.39 is 0 Å². The van der Waals surface area contributed by atoms with E-state index in [1.54, 1.807) is 31.4 Å². The molecule has 2 amide bonds. The van der Waals surface area contributed by atoms with Crippen molar-refractivity contribution < 1.29 is 14.3 Å². The first kappa shape index (κ1) is 17.1. The Balaban J connectivity index is 1.39. The molecule has 5 nitrogen and oxygen atoms in total. The third kappa shape index (κ3) is 4.89. The molecule has 2 aromatic carbocycles. The zero-order valence-corrected chi connectivity index (χ0v) is 14.5. The van der Waals surface area contributed by atoms with E-state index in [0.29, 0.717) is 18.8 Å². The first-order valence-electron chi connectivity index (χ1n) is 8.68. The van der Waals surface area contributed by atoms with Crippen molar-refractivity contribution >= 4 is 11.7 Å². The second-order valence-corrected chi connectivity index (χ2v) is 6.10. The van der Waals surface area contributed by atoms with Crippen molar-refractivity contribution in [1.82, 2.24) is 5.32 Å². The molecule has 0 heterocycles. The average molecular weight is 340 g/mol. The van der Waals surface area contributed by atoms with Crippen LogP contribution >= 0.6 is 0 Å². The fraction of sp³-hybridized carbons (Fsp3) is 0.350. The van der Waals surface area contributed by atoms with Crippen LogP contribution < -0.4 is 20.1 Å². The third-order valence-electron chi connectivity index (χ3n) is 4.32. The standard InChI is InChI=1S/C20H24N2O3/c1-24-18-10-7-17(8-11-18)22-20(23)21-12-13-25-19-9-6-15-4-2-3-5-16(15)14-19/h6-11,14H,2-5,12-13H2,1H3,(H2,21,22,23). The van der Waals surface area contributed by atoms with E-state index in [1.165, 1.54) is 30.4 Å². The predicted molar refractivity (Wildman–Crippen MR) is 98.6 cm³/mol. The van der Waals surface area contributed by atoms with E-state index in [4.69, 9.17) is 9.47 Å². The molecule has 0 spiro atoms. The zero-order chi connectivity index (χ0) is 17.5. The average Bonchev–Trinajstić information content (AvgIpc) is 2.66. The highest BCUT2D eigenvalue weighted by Crippen LogP contribution is 2.25. The molecule has 5 heteroatoms. The number of methoxy groups -OCH3 is 1. The minimum absolute atomic E-state index is 0.251. The van der Waals surface area contributed by atoms with Gasteiger partial charge < -0.3 is 20.1 Å². The largest absolute Gasteiger partial charge is 0.497 e. The van der Waals surface area contributed by atoms with Crippen LogP contribution in [0.5, 0.6) is 11.5 Å². The van der Waals surface area contributed by atoms with Gasteiger partial charge in [-0.1, -0.05) is 6.07 Å². The summed E-state index contributed by atoms with van der Waals surface area (Å²) in [5.41, 5.74) is 3.55. The van der Waals surface area contributed by atoms with Crippen molar-refractivity contribution in [3.8, 4) is 11.5 Å². The number of ether oxygens (including phenoxy) is 2. The molecule has 0 bridgehead atoms. The molecule has 1 aliphatic rings. The van der Waals surface area contributed by atoms with Gasteiger partial charge in [0.25, 0.3) is 0 Å².